The van der Waals surface area contributed by atoms with Gasteiger partial charge in [0, 0.05) is 5.92 Å². The molecule has 1 unspecified atom stereocenters. The van der Waals surface area contributed by atoms with Crippen LogP contribution in [0.25, 0.3) is 0 Å². The Labute approximate surface area is 85.9 Å². The highest BCUT2D eigenvalue weighted by atomic mass is 127. The van der Waals surface area contributed by atoms with Gasteiger partial charge in [0.1, 0.15) is 3.61 Å². The van der Waals surface area contributed by atoms with Gasteiger partial charge in [-0.1, -0.05) is 31.2 Å². The van der Waals surface area contributed by atoms with Crippen LogP contribution in [-0.2, 0) is 10.0 Å². The number of rotatable bonds is 0. The average molecular weight is 274 g/mol. The Hall–Kier alpha value is -0.0900. The Morgan fingerprint density at radius 3 is 2.83 bits per heavy atom. The summed E-state index contributed by atoms with van der Waals surface area (Å²) >= 11 is 2.14. The summed E-state index contributed by atoms with van der Waals surface area (Å²) in [6.45, 7) is 2.09. The molecule has 2 atom stereocenters. The van der Waals surface area contributed by atoms with E-state index in [1.165, 1.54) is 5.56 Å². The minimum atomic E-state index is -0.644. The molecule has 64 valence electrons. The zero-order valence-corrected chi connectivity index (χ0v) is 9.08. The van der Waals surface area contributed by atoms with Gasteiger partial charge in [-0.25, -0.2) is 0 Å². The van der Waals surface area contributed by atoms with Gasteiger partial charge in [0.05, 0.1) is 0 Å². The lowest BCUT2D eigenvalue weighted by molar-refractivity contribution is 0.112. The molecule has 0 saturated heterocycles. The number of hydrogen-bond donors (Lipinski definition) is 1. The van der Waals surface area contributed by atoms with Gasteiger partial charge in [0.25, 0.3) is 0 Å². The quantitative estimate of drug-likeness (QED) is 0.569. The van der Waals surface area contributed by atoms with E-state index in [2.05, 4.69) is 35.6 Å². The van der Waals surface area contributed by atoms with Gasteiger partial charge in [-0.15, -0.1) is 0 Å². The van der Waals surface area contributed by atoms with E-state index in [0.29, 0.717) is 5.92 Å². The van der Waals surface area contributed by atoms with E-state index in [4.69, 9.17) is 0 Å². The zero-order chi connectivity index (χ0) is 8.77. The maximum absolute atomic E-state index is 10.1. The average Bonchev–Trinajstić information content (AvgIpc) is 2.25. The highest BCUT2D eigenvalue weighted by Gasteiger charge is 2.39. The largest absolute Gasteiger partial charge is 0.375 e. The molecule has 1 aliphatic rings. The standard InChI is InChI=1S/C10H11IO/c1-7-6-8-4-2-3-5-9(8)10(7,11)12/h2-5,7,12H,6H2,1H3/t7?,10-/m0/s1. The van der Waals surface area contributed by atoms with E-state index >= 15 is 0 Å². The molecule has 0 spiro atoms. The minimum Gasteiger partial charge on any atom is -0.375 e. The number of hydrogen-bond acceptors (Lipinski definition) is 1. The van der Waals surface area contributed by atoms with Crippen LogP contribution in [0.5, 0.6) is 0 Å². The highest BCUT2D eigenvalue weighted by molar-refractivity contribution is 14.1. The Morgan fingerprint density at radius 2 is 2.17 bits per heavy atom. The van der Waals surface area contributed by atoms with Crippen molar-refractivity contribution >= 4 is 22.6 Å². The Bertz CT molecular complexity index is 306. The fourth-order valence-corrected chi connectivity index (χ4v) is 2.52. The van der Waals surface area contributed by atoms with Gasteiger partial charge in [0.2, 0.25) is 0 Å². The molecule has 0 saturated carbocycles. The SMILES string of the molecule is CC1Cc2ccccc2[C@]1(O)I. The number of fused-ring (bicyclic) bond motifs is 1. The first-order chi connectivity index (χ1) is 5.62. The lowest BCUT2D eigenvalue weighted by atomic mass is 10.1. The van der Waals surface area contributed by atoms with Crippen molar-refractivity contribution in [2.45, 2.75) is 17.0 Å². The Balaban J connectivity index is 2.55. The summed E-state index contributed by atoms with van der Waals surface area (Å²) in [7, 11) is 0. The third-order valence-electron chi connectivity index (χ3n) is 2.57. The van der Waals surface area contributed by atoms with E-state index in [1.807, 2.05) is 18.2 Å². The van der Waals surface area contributed by atoms with Crippen LogP contribution in [0.4, 0.5) is 0 Å². The molecular weight excluding hydrogens is 263 g/mol. The van der Waals surface area contributed by atoms with Crippen molar-refractivity contribution in [3.05, 3.63) is 35.4 Å². The van der Waals surface area contributed by atoms with E-state index < -0.39 is 3.61 Å². The van der Waals surface area contributed by atoms with Gasteiger partial charge in [-0.3, -0.25) is 0 Å². The summed E-state index contributed by atoms with van der Waals surface area (Å²) in [5.74, 6) is 0.329. The Morgan fingerprint density at radius 1 is 1.50 bits per heavy atom. The monoisotopic (exact) mass is 274 g/mol. The van der Waals surface area contributed by atoms with Crippen LogP contribution < -0.4 is 0 Å². The summed E-state index contributed by atoms with van der Waals surface area (Å²) in [6.07, 6.45) is 0.996. The van der Waals surface area contributed by atoms with Crippen molar-refractivity contribution in [2.75, 3.05) is 0 Å². The van der Waals surface area contributed by atoms with Crippen molar-refractivity contribution in [1.29, 1.82) is 0 Å². The van der Waals surface area contributed by atoms with Crippen molar-refractivity contribution in [3.8, 4) is 0 Å². The van der Waals surface area contributed by atoms with E-state index in [9.17, 15) is 5.11 Å². The van der Waals surface area contributed by atoms with Crippen LogP contribution in [0.2, 0.25) is 0 Å². The number of benzene rings is 1. The van der Waals surface area contributed by atoms with Crippen LogP contribution >= 0.6 is 22.6 Å². The summed E-state index contributed by atoms with van der Waals surface area (Å²) in [5, 5.41) is 10.1. The second-order valence-corrected chi connectivity index (χ2v) is 5.08. The lowest BCUT2D eigenvalue weighted by Gasteiger charge is -2.20. The first kappa shape index (κ1) is 8.51. The third kappa shape index (κ3) is 1.09. The van der Waals surface area contributed by atoms with E-state index in [1.54, 1.807) is 0 Å². The molecule has 0 fully saturated rings. The van der Waals surface area contributed by atoms with Gasteiger partial charge < -0.3 is 5.11 Å². The van der Waals surface area contributed by atoms with Crippen molar-refractivity contribution < 1.29 is 5.11 Å². The molecule has 0 bridgehead atoms. The smallest absolute Gasteiger partial charge is 0.144 e. The molecule has 1 nitrogen and oxygen atoms in total. The maximum Gasteiger partial charge on any atom is 0.144 e. The molecule has 1 N–H and O–H groups in total. The molecule has 1 aliphatic carbocycles. The second kappa shape index (κ2) is 2.70. The maximum atomic E-state index is 10.1. The summed E-state index contributed by atoms with van der Waals surface area (Å²) in [6, 6.07) is 8.14. The van der Waals surface area contributed by atoms with Crippen LogP contribution in [0.1, 0.15) is 18.1 Å². The van der Waals surface area contributed by atoms with Crippen molar-refractivity contribution in [3.63, 3.8) is 0 Å². The molecule has 12 heavy (non-hydrogen) atoms. The fraction of sp³-hybridized carbons (Fsp3) is 0.400. The number of alkyl halides is 1. The van der Waals surface area contributed by atoms with Crippen molar-refractivity contribution in [2.24, 2.45) is 5.92 Å². The predicted molar refractivity (Wildman–Crippen MR) is 57.2 cm³/mol. The molecular formula is C10H11IO. The van der Waals surface area contributed by atoms with E-state index in [-0.39, 0.29) is 0 Å². The molecule has 1 aromatic carbocycles. The summed E-state index contributed by atoms with van der Waals surface area (Å²) in [4.78, 5) is 0. The normalized spacial score (nSPS) is 33.4. The molecule has 0 radical (unpaired) electrons. The minimum absolute atomic E-state index is 0.329. The first-order valence-corrected chi connectivity index (χ1v) is 5.20. The number of aliphatic hydroxyl groups is 1. The van der Waals surface area contributed by atoms with E-state index in [0.717, 1.165) is 12.0 Å². The fourth-order valence-electron chi connectivity index (χ4n) is 1.77. The first-order valence-electron chi connectivity index (χ1n) is 4.12. The highest BCUT2D eigenvalue weighted by Crippen LogP contribution is 2.45. The van der Waals surface area contributed by atoms with Gasteiger partial charge >= 0.3 is 0 Å². The van der Waals surface area contributed by atoms with Crippen LogP contribution in [0.15, 0.2) is 24.3 Å². The number of halogens is 1. The predicted octanol–water partition coefficient (Wildman–Crippen LogP) is 2.46. The van der Waals surface area contributed by atoms with Crippen molar-refractivity contribution in [1.82, 2.24) is 0 Å². The molecule has 2 rings (SSSR count). The zero-order valence-electron chi connectivity index (χ0n) is 6.92. The summed E-state index contributed by atoms with van der Waals surface area (Å²) < 4.78 is -0.644. The van der Waals surface area contributed by atoms with Crippen LogP contribution in [0, 0.1) is 5.92 Å². The Kier molecular flexibility index (Phi) is 1.92. The lowest BCUT2D eigenvalue weighted by Crippen LogP contribution is -2.20. The molecule has 0 amide bonds. The van der Waals surface area contributed by atoms with Gasteiger partial charge in [-0.2, -0.15) is 0 Å². The third-order valence-corrected chi connectivity index (χ3v) is 4.22. The molecule has 0 aromatic heterocycles. The molecule has 0 aliphatic heterocycles. The summed E-state index contributed by atoms with van der Waals surface area (Å²) in [5.41, 5.74) is 2.39. The molecule has 0 heterocycles. The van der Waals surface area contributed by atoms with Gasteiger partial charge in [-0.05, 0) is 40.1 Å². The molecule has 1 aromatic rings. The van der Waals surface area contributed by atoms with Crippen LogP contribution in [0.3, 0.4) is 0 Å². The van der Waals surface area contributed by atoms with Gasteiger partial charge in [0.15, 0.2) is 0 Å². The second-order valence-electron chi connectivity index (χ2n) is 3.44. The topological polar surface area (TPSA) is 20.2 Å². The molecule has 2 heteroatoms. The van der Waals surface area contributed by atoms with Crippen LogP contribution in [-0.4, -0.2) is 5.11 Å².